The Morgan fingerprint density at radius 1 is 1.26 bits per heavy atom. The Morgan fingerprint density at radius 3 is 2.44 bits per heavy atom. The molecule has 150 valence electrons. The first-order valence-electron chi connectivity index (χ1n) is 8.64. The topological polar surface area (TPSA) is 52.7 Å². The fraction of sp³-hybridized carbons (Fsp3) is 0.556. The van der Waals surface area contributed by atoms with Crippen LogP contribution in [0.2, 0.25) is 0 Å². The summed E-state index contributed by atoms with van der Waals surface area (Å²) >= 11 is 1.38. The monoisotopic (exact) mass is 403 g/mol. The summed E-state index contributed by atoms with van der Waals surface area (Å²) in [5.41, 5.74) is -0.0980. The predicted octanol–water partition coefficient (Wildman–Crippen LogP) is 2.74. The summed E-state index contributed by atoms with van der Waals surface area (Å²) in [4.78, 5) is 27.9. The summed E-state index contributed by atoms with van der Waals surface area (Å²) in [6.07, 6.45) is -4.24. The van der Waals surface area contributed by atoms with Gasteiger partial charge >= 0.3 is 6.18 Å². The van der Waals surface area contributed by atoms with Crippen molar-refractivity contribution in [3.05, 3.63) is 35.4 Å². The van der Waals surface area contributed by atoms with E-state index in [-0.39, 0.29) is 35.4 Å². The van der Waals surface area contributed by atoms with Crippen LogP contribution in [0.5, 0.6) is 0 Å². The zero-order valence-corrected chi connectivity index (χ0v) is 16.4. The molecule has 0 bridgehead atoms. The fourth-order valence-electron chi connectivity index (χ4n) is 2.73. The summed E-state index contributed by atoms with van der Waals surface area (Å²) in [5, 5.41) is 2.11. The van der Waals surface area contributed by atoms with E-state index in [1.54, 1.807) is 11.8 Å². The van der Waals surface area contributed by atoms with Crippen LogP contribution < -0.4 is 5.32 Å². The van der Waals surface area contributed by atoms with E-state index >= 15 is 0 Å². The molecule has 1 aliphatic rings. The van der Waals surface area contributed by atoms with Crippen LogP contribution in [0.4, 0.5) is 13.2 Å². The Hall–Kier alpha value is -1.74. The van der Waals surface area contributed by atoms with Gasteiger partial charge in [-0.2, -0.15) is 13.2 Å². The highest BCUT2D eigenvalue weighted by atomic mass is 32.2. The number of rotatable bonds is 7. The normalized spacial score (nSPS) is 20.4. The third-order valence-electron chi connectivity index (χ3n) is 4.23. The number of likely N-dealkylation sites (N-methyl/N-ethyl adjacent to an activating group) is 1. The number of carbonyl (C=O) groups excluding carboxylic acids is 2. The molecule has 1 aromatic rings. The Kier molecular flexibility index (Phi) is 7.16. The van der Waals surface area contributed by atoms with Crippen LogP contribution in [0.3, 0.4) is 0 Å². The first-order chi connectivity index (χ1) is 12.6. The summed E-state index contributed by atoms with van der Waals surface area (Å²) in [6.45, 7) is 3.24. The van der Waals surface area contributed by atoms with Crippen molar-refractivity contribution in [3.63, 3.8) is 0 Å². The van der Waals surface area contributed by atoms with Gasteiger partial charge in [0, 0.05) is 26.1 Å². The standard InChI is InChI=1S/C18H24F3N3O2S/c1-12-16(26)24(10-8-15(25)22-9-11-23(2)3)17(27-12)13-4-6-14(7-5-13)18(19,20)21/h4-7,12,17H,8-11H2,1-3H3,(H,22,25)/t12-,17-/m1/s1. The maximum Gasteiger partial charge on any atom is 0.416 e. The van der Waals surface area contributed by atoms with Crippen LogP contribution in [0, 0.1) is 0 Å². The Balaban J connectivity index is 2.01. The zero-order chi connectivity index (χ0) is 20.2. The average molecular weight is 403 g/mol. The minimum atomic E-state index is -4.39. The molecular weight excluding hydrogens is 379 g/mol. The van der Waals surface area contributed by atoms with E-state index in [0.717, 1.165) is 18.7 Å². The summed E-state index contributed by atoms with van der Waals surface area (Å²) < 4.78 is 38.2. The van der Waals surface area contributed by atoms with Crippen LogP contribution >= 0.6 is 11.8 Å². The number of benzene rings is 1. The molecule has 5 nitrogen and oxygen atoms in total. The molecule has 1 N–H and O–H groups in total. The van der Waals surface area contributed by atoms with E-state index in [0.29, 0.717) is 12.1 Å². The molecule has 2 rings (SSSR count). The van der Waals surface area contributed by atoms with Crippen molar-refractivity contribution in [3.8, 4) is 0 Å². The molecule has 9 heteroatoms. The number of alkyl halides is 3. The molecule has 27 heavy (non-hydrogen) atoms. The van der Waals surface area contributed by atoms with Crippen LogP contribution in [-0.2, 0) is 15.8 Å². The smallest absolute Gasteiger partial charge is 0.355 e. The SMILES string of the molecule is C[C@H]1S[C@H](c2ccc(C(F)(F)F)cc2)N(CCC(=O)NCCN(C)C)C1=O. The van der Waals surface area contributed by atoms with Gasteiger partial charge in [-0.3, -0.25) is 9.59 Å². The molecule has 0 radical (unpaired) electrons. The number of nitrogens with one attached hydrogen (secondary N) is 1. The van der Waals surface area contributed by atoms with Crippen molar-refractivity contribution in [1.29, 1.82) is 0 Å². The van der Waals surface area contributed by atoms with Crippen LogP contribution in [-0.4, -0.2) is 60.6 Å². The number of nitrogens with zero attached hydrogens (tertiary/aromatic N) is 2. The van der Waals surface area contributed by atoms with E-state index in [1.165, 1.54) is 23.9 Å². The Morgan fingerprint density at radius 2 is 1.89 bits per heavy atom. The second-order valence-electron chi connectivity index (χ2n) is 6.69. The highest BCUT2D eigenvalue weighted by Gasteiger charge is 2.39. The molecule has 1 heterocycles. The Bertz CT molecular complexity index is 665. The molecule has 0 unspecified atom stereocenters. The van der Waals surface area contributed by atoms with Crippen molar-refractivity contribution >= 4 is 23.6 Å². The van der Waals surface area contributed by atoms with Crippen molar-refractivity contribution in [2.75, 3.05) is 33.7 Å². The Labute approximate surface area is 161 Å². The van der Waals surface area contributed by atoms with E-state index in [9.17, 15) is 22.8 Å². The van der Waals surface area contributed by atoms with Gasteiger partial charge in [0.2, 0.25) is 11.8 Å². The van der Waals surface area contributed by atoms with Crippen molar-refractivity contribution in [2.45, 2.75) is 30.1 Å². The minimum Gasteiger partial charge on any atom is -0.355 e. The van der Waals surface area contributed by atoms with Crippen molar-refractivity contribution in [1.82, 2.24) is 15.1 Å². The van der Waals surface area contributed by atoms with Gasteiger partial charge in [-0.25, -0.2) is 0 Å². The summed E-state index contributed by atoms with van der Waals surface area (Å²) in [5.74, 6) is -0.258. The van der Waals surface area contributed by atoms with Gasteiger partial charge in [-0.1, -0.05) is 12.1 Å². The highest BCUT2D eigenvalue weighted by Crippen LogP contribution is 2.43. The lowest BCUT2D eigenvalue weighted by Gasteiger charge is -2.24. The van der Waals surface area contributed by atoms with Crippen LogP contribution in [0.25, 0.3) is 0 Å². The quantitative estimate of drug-likeness (QED) is 0.761. The molecule has 0 spiro atoms. The number of halogens is 3. The average Bonchev–Trinajstić information content (AvgIpc) is 2.87. The number of carbonyl (C=O) groups is 2. The molecule has 0 aromatic heterocycles. The maximum atomic E-state index is 12.7. The van der Waals surface area contributed by atoms with Gasteiger partial charge in [0.25, 0.3) is 0 Å². The zero-order valence-electron chi connectivity index (χ0n) is 15.5. The number of hydrogen-bond acceptors (Lipinski definition) is 4. The molecule has 1 aliphatic heterocycles. The first kappa shape index (κ1) is 21.6. The highest BCUT2D eigenvalue weighted by molar-refractivity contribution is 8.01. The lowest BCUT2D eigenvalue weighted by atomic mass is 10.1. The molecule has 1 aromatic carbocycles. The predicted molar refractivity (Wildman–Crippen MR) is 99.1 cm³/mol. The first-order valence-corrected chi connectivity index (χ1v) is 9.58. The molecule has 0 saturated carbocycles. The lowest BCUT2D eigenvalue weighted by Crippen LogP contribution is -2.36. The van der Waals surface area contributed by atoms with E-state index in [2.05, 4.69) is 5.32 Å². The van der Waals surface area contributed by atoms with Gasteiger partial charge in [0.1, 0.15) is 5.37 Å². The third-order valence-corrected chi connectivity index (χ3v) is 5.63. The van der Waals surface area contributed by atoms with Gasteiger partial charge in [0.15, 0.2) is 0 Å². The second-order valence-corrected chi connectivity index (χ2v) is 8.11. The molecule has 2 amide bonds. The molecule has 0 aliphatic carbocycles. The number of hydrogen-bond donors (Lipinski definition) is 1. The largest absolute Gasteiger partial charge is 0.416 e. The third kappa shape index (κ3) is 5.87. The second kappa shape index (κ2) is 8.97. The van der Waals surface area contributed by atoms with Crippen LogP contribution in [0.1, 0.15) is 29.8 Å². The van der Waals surface area contributed by atoms with Crippen molar-refractivity contribution < 1.29 is 22.8 Å². The van der Waals surface area contributed by atoms with E-state index in [1.807, 2.05) is 19.0 Å². The molecular formula is C18H24F3N3O2S. The van der Waals surface area contributed by atoms with Gasteiger partial charge in [-0.15, -0.1) is 11.8 Å². The summed E-state index contributed by atoms with van der Waals surface area (Å²) in [6, 6.07) is 4.84. The van der Waals surface area contributed by atoms with Crippen molar-refractivity contribution in [2.24, 2.45) is 0 Å². The summed E-state index contributed by atoms with van der Waals surface area (Å²) in [7, 11) is 3.81. The molecule has 1 fully saturated rings. The van der Waals surface area contributed by atoms with Crippen LogP contribution in [0.15, 0.2) is 24.3 Å². The van der Waals surface area contributed by atoms with Gasteiger partial charge in [-0.05, 0) is 38.7 Å². The van der Waals surface area contributed by atoms with Gasteiger partial charge < -0.3 is 15.1 Å². The van der Waals surface area contributed by atoms with E-state index in [4.69, 9.17) is 0 Å². The number of thioether (sulfide) groups is 1. The lowest BCUT2D eigenvalue weighted by molar-refractivity contribution is -0.137. The number of amides is 2. The molecule has 1 saturated heterocycles. The minimum absolute atomic E-state index is 0.106. The fourth-order valence-corrected chi connectivity index (χ4v) is 4.04. The van der Waals surface area contributed by atoms with Gasteiger partial charge in [0.05, 0.1) is 10.8 Å². The van der Waals surface area contributed by atoms with E-state index < -0.39 is 11.7 Å². The maximum absolute atomic E-state index is 12.7. The molecule has 2 atom stereocenters.